The standard InChI is InChI=1S/C13H16N4/c1-10-8-17-13(9-16-10)12(14-2)7-11-5-3-4-6-15-11/h3-6,8-9,12,14H,7H2,1-2H3. The van der Waals surface area contributed by atoms with E-state index in [0.717, 1.165) is 23.5 Å². The van der Waals surface area contributed by atoms with Gasteiger partial charge in [-0.2, -0.15) is 0 Å². The van der Waals surface area contributed by atoms with Crippen molar-refractivity contribution in [2.75, 3.05) is 7.05 Å². The number of nitrogens with one attached hydrogen (secondary N) is 1. The Hall–Kier alpha value is -1.81. The number of hydrogen-bond acceptors (Lipinski definition) is 4. The molecule has 0 aliphatic carbocycles. The van der Waals surface area contributed by atoms with E-state index in [0.29, 0.717) is 0 Å². The van der Waals surface area contributed by atoms with Gasteiger partial charge in [0.05, 0.1) is 23.6 Å². The SMILES string of the molecule is CNC(Cc1ccccn1)c1cnc(C)cn1. The van der Waals surface area contributed by atoms with E-state index in [1.165, 1.54) is 0 Å². The van der Waals surface area contributed by atoms with Crippen molar-refractivity contribution in [3.63, 3.8) is 0 Å². The van der Waals surface area contributed by atoms with E-state index in [4.69, 9.17) is 0 Å². The van der Waals surface area contributed by atoms with Gasteiger partial charge in [-0.25, -0.2) is 0 Å². The second kappa shape index (κ2) is 5.50. The highest BCUT2D eigenvalue weighted by Gasteiger charge is 2.12. The summed E-state index contributed by atoms with van der Waals surface area (Å²) in [4.78, 5) is 13.0. The van der Waals surface area contributed by atoms with Gasteiger partial charge in [-0.1, -0.05) is 6.07 Å². The average molecular weight is 228 g/mol. The Labute approximate surface area is 101 Å². The first-order chi connectivity index (χ1) is 8.29. The van der Waals surface area contributed by atoms with Crippen molar-refractivity contribution in [3.05, 3.63) is 53.9 Å². The molecule has 2 heterocycles. The molecule has 0 aliphatic rings. The van der Waals surface area contributed by atoms with Crippen LogP contribution in [0.15, 0.2) is 36.8 Å². The highest BCUT2D eigenvalue weighted by Crippen LogP contribution is 2.13. The van der Waals surface area contributed by atoms with E-state index in [2.05, 4.69) is 20.3 Å². The number of rotatable bonds is 4. The van der Waals surface area contributed by atoms with Crippen LogP contribution in [0.1, 0.15) is 23.1 Å². The minimum atomic E-state index is 0.151. The Kier molecular flexibility index (Phi) is 3.77. The van der Waals surface area contributed by atoms with Crippen molar-refractivity contribution in [3.8, 4) is 0 Å². The normalized spacial score (nSPS) is 12.4. The maximum Gasteiger partial charge on any atom is 0.0760 e. The Balaban J connectivity index is 2.14. The molecule has 1 atom stereocenters. The molecule has 0 saturated heterocycles. The molecule has 2 aromatic rings. The molecule has 1 unspecified atom stereocenters. The summed E-state index contributed by atoms with van der Waals surface area (Å²) in [6, 6.07) is 6.09. The van der Waals surface area contributed by atoms with Crippen molar-refractivity contribution in [2.45, 2.75) is 19.4 Å². The molecule has 2 rings (SSSR count). The zero-order chi connectivity index (χ0) is 12.1. The Morgan fingerprint density at radius 2 is 2.06 bits per heavy atom. The zero-order valence-electron chi connectivity index (χ0n) is 10.1. The maximum absolute atomic E-state index is 4.39. The first kappa shape index (κ1) is 11.7. The summed E-state index contributed by atoms with van der Waals surface area (Å²) in [6.45, 7) is 1.93. The summed E-state index contributed by atoms with van der Waals surface area (Å²) in [5.41, 5.74) is 2.93. The van der Waals surface area contributed by atoms with Crippen molar-refractivity contribution >= 4 is 0 Å². The lowest BCUT2D eigenvalue weighted by atomic mass is 10.1. The quantitative estimate of drug-likeness (QED) is 0.865. The fourth-order valence-corrected chi connectivity index (χ4v) is 1.67. The monoisotopic (exact) mass is 228 g/mol. The minimum absolute atomic E-state index is 0.151. The third-order valence-electron chi connectivity index (χ3n) is 2.65. The van der Waals surface area contributed by atoms with Gasteiger partial charge in [0.15, 0.2) is 0 Å². The van der Waals surface area contributed by atoms with Crippen LogP contribution >= 0.6 is 0 Å². The van der Waals surface area contributed by atoms with Crippen molar-refractivity contribution in [1.29, 1.82) is 0 Å². The average Bonchev–Trinajstić information content (AvgIpc) is 2.38. The number of aromatic nitrogens is 3. The van der Waals surface area contributed by atoms with Gasteiger partial charge >= 0.3 is 0 Å². The molecule has 0 fully saturated rings. The molecule has 0 aromatic carbocycles. The van der Waals surface area contributed by atoms with E-state index in [1.807, 2.05) is 44.6 Å². The predicted molar refractivity (Wildman–Crippen MR) is 66.5 cm³/mol. The summed E-state index contributed by atoms with van der Waals surface area (Å²) in [6.07, 6.45) is 6.23. The summed E-state index contributed by atoms with van der Waals surface area (Å²) >= 11 is 0. The van der Waals surface area contributed by atoms with Crippen LogP contribution in [0.2, 0.25) is 0 Å². The number of hydrogen-bond donors (Lipinski definition) is 1. The minimum Gasteiger partial charge on any atom is -0.311 e. The molecule has 1 N–H and O–H groups in total. The van der Waals surface area contributed by atoms with E-state index >= 15 is 0 Å². The first-order valence-electron chi connectivity index (χ1n) is 5.65. The number of aryl methyl sites for hydroxylation is 1. The van der Waals surface area contributed by atoms with Gasteiger partial charge in [0.1, 0.15) is 0 Å². The van der Waals surface area contributed by atoms with Crippen LogP contribution in [0, 0.1) is 6.92 Å². The highest BCUT2D eigenvalue weighted by atomic mass is 14.9. The molecule has 4 heteroatoms. The van der Waals surface area contributed by atoms with Crippen LogP contribution < -0.4 is 5.32 Å². The van der Waals surface area contributed by atoms with E-state index in [1.54, 1.807) is 6.20 Å². The van der Waals surface area contributed by atoms with Gasteiger partial charge in [-0.15, -0.1) is 0 Å². The van der Waals surface area contributed by atoms with E-state index in [-0.39, 0.29) is 6.04 Å². The largest absolute Gasteiger partial charge is 0.311 e. The number of likely N-dealkylation sites (N-methyl/N-ethyl adjacent to an activating group) is 1. The van der Waals surface area contributed by atoms with Gasteiger partial charge in [0.25, 0.3) is 0 Å². The fourth-order valence-electron chi connectivity index (χ4n) is 1.67. The van der Waals surface area contributed by atoms with Gasteiger partial charge < -0.3 is 5.32 Å². The van der Waals surface area contributed by atoms with Crippen LogP contribution in [0.25, 0.3) is 0 Å². The lowest BCUT2D eigenvalue weighted by Crippen LogP contribution is -2.20. The fraction of sp³-hybridized carbons (Fsp3) is 0.308. The van der Waals surface area contributed by atoms with Gasteiger partial charge in [-0.05, 0) is 26.1 Å². The summed E-state index contributed by atoms with van der Waals surface area (Å²) in [5, 5.41) is 3.24. The molecule has 0 bridgehead atoms. The van der Waals surface area contributed by atoms with Crippen LogP contribution in [0.3, 0.4) is 0 Å². The Bertz CT molecular complexity index is 453. The van der Waals surface area contributed by atoms with Crippen molar-refractivity contribution < 1.29 is 0 Å². The summed E-state index contributed by atoms with van der Waals surface area (Å²) in [7, 11) is 1.93. The molecule has 0 spiro atoms. The van der Waals surface area contributed by atoms with Crippen LogP contribution in [-0.4, -0.2) is 22.0 Å². The Morgan fingerprint density at radius 3 is 2.65 bits per heavy atom. The third-order valence-corrected chi connectivity index (χ3v) is 2.65. The zero-order valence-corrected chi connectivity index (χ0v) is 10.1. The van der Waals surface area contributed by atoms with E-state index in [9.17, 15) is 0 Å². The highest BCUT2D eigenvalue weighted by molar-refractivity contribution is 5.12. The number of nitrogens with zero attached hydrogens (tertiary/aromatic N) is 3. The van der Waals surface area contributed by atoms with Crippen LogP contribution in [0.4, 0.5) is 0 Å². The summed E-state index contributed by atoms with van der Waals surface area (Å²) in [5.74, 6) is 0. The first-order valence-corrected chi connectivity index (χ1v) is 5.65. The van der Waals surface area contributed by atoms with Crippen LogP contribution in [0.5, 0.6) is 0 Å². The number of pyridine rings is 1. The smallest absolute Gasteiger partial charge is 0.0760 e. The topological polar surface area (TPSA) is 50.7 Å². The molecule has 88 valence electrons. The maximum atomic E-state index is 4.39. The molecule has 4 nitrogen and oxygen atoms in total. The van der Waals surface area contributed by atoms with E-state index < -0.39 is 0 Å². The van der Waals surface area contributed by atoms with Gasteiger partial charge in [0, 0.05) is 24.5 Å². The third kappa shape index (κ3) is 3.07. The molecule has 0 amide bonds. The molecular weight excluding hydrogens is 212 g/mol. The summed E-state index contributed by atoms with van der Waals surface area (Å²) < 4.78 is 0. The predicted octanol–water partition coefficient (Wildman–Crippen LogP) is 1.68. The van der Waals surface area contributed by atoms with Gasteiger partial charge in [-0.3, -0.25) is 15.0 Å². The molecular formula is C13H16N4. The lowest BCUT2D eigenvalue weighted by Gasteiger charge is -2.14. The molecule has 0 saturated carbocycles. The molecule has 2 aromatic heterocycles. The van der Waals surface area contributed by atoms with Crippen molar-refractivity contribution in [1.82, 2.24) is 20.3 Å². The molecule has 0 aliphatic heterocycles. The van der Waals surface area contributed by atoms with Crippen molar-refractivity contribution in [2.24, 2.45) is 0 Å². The second-order valence-corrected chi connectivity index (χ2v) is 3.95. The van der Waals surface area contributed by atoms with Crippen LogP contribution in [-0.2, 0) is 6.42 Å². The lowest BCUT2D eigenvalue weighted by molar-refractivity contribution is 0.565. The molecule has 0 radical (unpaired) electrons. The molecule has 17 heavy (non-hydrogen) atoms. The second-order valence-electron chi connectivity index (χ2n) is 3.95. The van der Waals surface area contributed by atoms with Gasteiger partial charge in [0.2, 0.25) is 0 Å². The Morgan fingerprint density at radius 1 is 1.18 bits per heavy atom.